The number of hydrogen-bond donors (Lipinski definition) is 1. The maximum atomic E-state index is 6.54. The number of fused-ring (bicyclic) bond motifs is 3. The molecule has 4 rings (SSSR count). The zero-order chi connectivity index (χ0) is 11.0. The standard InChI is InChI=1S/C13H25N3/c14-13(11-4-2-1-3-5-11)12-10-15-6-8-16(12)9-7-15/h11-13H,1-10,14H2. The fraction of sp³-hybridized carbons (Fsp3) is 1.00. The van der Waals surface area contributed by atoms with Gasteiger partial charge in [0.05, 0.1) is 0 Å². The van der Waals surface area contributed by atoms with Crippen molar-refractivity contribution >= 4 is 0 Å². The van der Waals surface area contributed by atoms with Crippen LogP contribution in [0.1, 0.15) is 32.1 Å². The Bertz CT molecular complexity index is 229. The minimum Gasteiger partial charge on any atom is -0.326 e. The van der Waals surface area contributed by atoms with E-state index in [1.165, 1.54) is 64.8 Å². The zero-order valence-electron chi connectivity index (χ0n) is 10.3. The van der Waals surface area contributed by atoms with E-state index in [9.17, 15) is 0 Å². The smallest absolute Gasteiger partial charge is 0.0378 e. The number of hydrogen-bond acceptors (Lipinski definition) is 3. The summed E-state index contributed by atoms with van der Waals surface area (Å²) in [5, 5.41) is 0. The number of rotatable bonds is 2. The number of nitrogens with two attached hydrogens (primary N) is 1. The topological polar surface area (TPSA) is 32.5 Å². The molecule has 4 aliphatic rings. The SMILES string of the molecule is NC(C1CCCCC1)C1CN2CCN1CC2. The van der Waals surface area contributed by atoms with Crippen molar-refractivity contribution in [2.45, 2.75) is 44.2 Å². The summed E-state index contributed by atoms with van der Waals surface area (Å²) in [7, 11) is 0. The summed E-state index contributed by atoms with van der Waals surface area (Å²) in [5.41, 5.74) is 6.54. The van der Waals surface area contributed by atoms with Crippen molar-refractivity contribution in [2.24, 2.45) is 11.7 Å². The Labute approximate surface area is 99.0 Å². The second-order valence-electron chi connectivity index (χ2n) is 5.88. The molecule has 0 spiro atoms. The molecule has 3 heterocycles. The molecule has 3 nitrogen and oxygen atoms in total. The molecule has 16 heavy (non-hydrogen) atoms. The van der Waals surface area contributed by atoms with Gasteiger partial charge >= 0.3 is 0 Å². The van der Waals surface area contributed by atoms with Gasteiger partial charge < -0.3 is 5.73 Å². The lowest BCUT2D eigenvalue weighted by molar-refractivity contribution is -0.00893. The largest absolute Gasteiger partial charge is 0.326 e. The molecule has 2 N–H and O–H groups in total. The Morgan fingerprint density at radius 1 is 0.938 bits per heavy atom. The van der Waals surface area contributed by atoms with Gasteiger partial charge in [0, 0.05) is 44.8 Å². The highest BCUT2D eigenvalue weighted by Gasteiger charge is 2.38. The molecule has 0 radical (unpaired) electrons. The quantitative estimate of drug-likeness (QED) is 0.755. The maximum Gasteiger partial charge on any atom is 0.0378 e. The molecule has 4 fully saturated rings. The molecule has 1 saturated carbocycles. The van der Waals surface area contributed by atoms with Crippen LogP contribution in [0, 0.1) is 5.92 Å². The lowest BCUT2D eigenvalue weighted by atomic mass is 9.80. The van der Waals surface area contributed by atoms with Gasteiger partial charge in [0.15, 0.2) is 0 Å². The van der Waals surface area contributed by atoms with E-state index >= 15 is 0 Å². The van der Waals surface area contributed by atoms with Gasteiger partial charge in [0.25, 0.3) is 0 Å². The monoisotopic (exact) mass is 223 g/mol. The molecule has 3 heteroatoms. The van der Waals surface area contributed by atoms with E-state index in [1.807, 2.05) is 0 Å². The second-order valence-corrected chi connectivity index (χ2v) is 5.88. The summed E-state index contributed by atoms with van der Waals surface area (Å²) in [4.78, 5) is 5.26. The van der Waals surface area contributed by atoms with Crippen molar-refractivity contribution in [3.8, 4) is 0 Å². The second kappa shape index (κ2) is 4.63. The van der Waals surface area contributed by atoms with E-state index in [-0.39, 0.29) is 0 Å². The Balaban J connectivity index is 1.63. The van der Waals surface area contributed by atoms with E-state index < -0.39 is 0 Å². The minimum atomic E-state index is 0.434. The summed E-state index contributed by atoms with van der Waals surface area (Å²) in [5.74, 6) is 0.805. The summed E-state index contributed by atoms with van der Waals surface area (Å²) < 4.78 is 0. The summed E-state index contributed by atoms with van der Waals surface area (Å²) in [6, 6.07) is 1.09. The fourth-order valence-corrected chi connectivity index (χ4v) is 3.86. The molecule has 3 saturated heterocycles. The molecule has 0 aromatic carbocycles. The normalized spacial score (nSPS) is 42.2. The summed E-state index contributed by atoms with van der Waals surface area (Å²) in [6.45, 7) is 6.29. The first-order valence-electron chi connectivity index (χ1n) is 7.06. The van der Waals surface area contributed by atoms with E-state index in [1.54, 1.807) is 0 Å². The van der Waals surface area contributed by atoms with Crippen molar-refractivity contribution in [1.29, 1.82) is 0 Å². The predicted molar refractivity (Wildman–Crippen MR) is 66.4 cm³/mol. The minimum absolute atomic E-state index is 0.434. The maximum absolute atomic E-state index is 6.54. The van der Waals surface area contributed by atoms with Crippen LogP contribution in [0.15, 0.2) is 0 Å². The summed E-state index contributed by atoms with van der Waals surface area (Å²) in [6.07, 6.45) is 7.02. The van der Waals surface area contributed by atoms with E-state index in [2.05, 4.69) is 9.80 Å². The van der Waals surface area contributed by atoms with Crippen LogP contribution in [0.5, 0.6) is 0 Å². The van der Waals surface area contributed by atoms with Gasteiger partial charge in [-0.1, -0.05) is 19.3 Å². The Morgan fingerprint density at radius 2 is 1.62 bits per heavy atom. The molecular formula is C13H25N3. The molecular weight excluding hydrogens is 198 g/mol. The van der Waals surface area contributed by atoms with Crippen LogP contribution in [0.4, 0.5) is 0 Å². The Morgan fingerprint density at radius 3 is 2.19 bits per heavy atom. The highest BCUT2D eigenvalue weighted by atomic mass is 15.3. The Kier molecular flexibility index (Phi) is 3.18. The fourth-order valence-electron chi connectivity index (χ4n) is 3.86. The predicted octanol–water partition coefficient (Wildman–Crippen LogP) is 0.894. The van der Waals surface area contributed by atoms with E-state index in [4.69, 9.17) is 5.73 Å². The molecule has 1 aliphatic carbocycles. The molecule has 2 unspecified atom stereocenters. The van der Waals surface area contributed by atoms with E-state index in [0.29, 0.717) is 12.1 Å². The van der Waals surface area contributed by atoms with Gasteiger partial charge in [0.2, 0.25) is 0 Å². The first-order valence-corrected chi connectivity index (χ1v) is 7.06. The molecule has 3 aliphatic heterocycles. The van der Waals surface area contributed by atoms with Crippen molar-refractivity contribution in [3.05, 3.63) is 0 Å². The van der Waals surface area contributed by atoms with Crippen molar-refractivity contribution in [2.75, 3.05) is 32.7 Å². The first-order chi connectivity index (χ1) is 7.84. The zero-order valence-corrected chi connectivity index (χ0v) is 10.3. The molecule has 0 aromatic heterocycles. The first kappa shape index (κ1) is 11.0. The Hall–Kier alpha value is -0.120. The van der Waals surface area contributed by atoms with Gasteiger partial charge in [-0.25, -0.2) is 0 Å². The van der Waals surface area contributed by atoms with Gasteiger partial charge in [-0.15, -0.1) is 0 Å². The van der Waals surface area contributed by atoms with Crippen LogP contribution in [-0.2, 0) is 0 Å². The third-order valence-electron chi connectivity index (χ3n) is 4.96. The van der Waals surface area contributed by atoms with Gasteiger partial charge in [-0.2, -0.15) is 0 Å². The van der Waals surface area contributed by atoms with Gasteiger partial charge in [-0.05, 0) is 18.8 Å². The van der Waals surface area contributed by atoms with Crippen LogP contribution < -0.4 is 5.73 Å². The molecule has 0 aromatic rings. The lowest BCUT2D eigenvalue weighted by Crippen LogP contribution is -2.67. The van der Waals surface area contributed by atoms with Crippen LogP contribution in [0.25, 0.3) is 0 Å². The van der Waals surface area contributed by atoms with Crippen LogP contribution in [0.3, 0.4) is 0 Å². The van der Waals surface area contributed by atoms with E-state index in [0.717, 1.165) is 5.92 Å². The third-order valence-corrected chi connectivity index (χ3v) is 4.96. The highest BCUT2D eigenvalue weighted by Crippen LogP contribution is 2.30. The molecule has 2 bridgehead atoms. The lowest BCUT2D eigenvalue weighted by Gasteiger charge is -2.51. The van der Waals surface area contributed by atoms with Crippen molar-refractivity contribution in [1.82, 2.24) is 9.80 Å². The highest BCUT2D eigenvalue weighted by molar-refractivity contribution is 4.96. The van der Waals surface area contributed by atoms with Gasteiger partial charge in [-0.3, -0.25) is 9.80 Å². The van der Waals surface area contributed by atoms with Crippen LogP contribution in [0.2, 0.25) is 0 Å². The van der Waals surface area contributed by atoms with Crippen molar-refractivity contribution in [3.63, 3.8) is 0 Å². The van der Waals surface area contributed by atoms with Gasteiger partial charge in [0.1, 0.15) is 0 Å². The third kappa shape index (κ3) is 2.01. The average Bonchev–Trinajstić information content (AvgIpc) is 2.40. The molecule has 0 amide bonds. The summed E-state index contributed by atoms with van der Waals surface area (Å²) >= 11 is 0. The van der Waals surface area contributed by atoms with Crippen LogP contribution >= 0.6 is 0 Å². The molecule has 2 atom stereocenters. The van der Waals surface area contributed by atoms with Crippen LogP contribution in [-0.4, -0.2) is 54.6 Å². The molecule has 92 valence electrons. The average molecular weight is 223 g/mol. The number of piperazine rings is 3. The van der Waals surface area contributed by atoms with Crippen molar-refractivity contribution < 1.29 is 0 Å². The number of nitrogens with zero attached hydrogens (tertiary/aromatic N) is 2.